The monoisotopic (exact) mass is 138 g/mol. The molecule has 0 aromatic carbocycles. The molecule has 0 rings (SSSR count). The average Bonchev–Trinajstić information content (AvgIpc) is 1.83. The summed E-state index contributed by atoms with van der Waals surface area (Å²) in [7, 11) is 3.17. The Hall–Kier alpha value is -0.280. The van der Waals surface area contributed by atoms with Gasteiger partial charge in [-0.1, -0.05) is 15.9 Å². The molecule has 0 saturated heterocycles. The van der Waals surface area contributed by atoms with Crippen molar-refractivity contribution in [3.05, 3.63) is 5.21 Å². The minimum absolute atomic E-state index is 1.24. The number of hydrogen-bond donors (Lipinski definition) is 4. The van der Waals surface area contributed by atoms with E-state index < -0.39 is 5.39 Å². The molecule has 0 aliphatic heterocycles. The van der Waals surface area contributed by atoms with E-state index in [4.69, 9.17) is 5.21 Å². The second kappa shape index (κ2) is 4.58. The van der Waals surface area contributed by atoms with Gasteiger partial charge in [0.1, 0.15) is 0 Å². The zero-order chi connectivity index (χ0) is 7.28. The molecule has 0 fully saturated rings. The van der Waals surface area contributed by atoms with Crippen molar-refractivity contribution in [3.63, 3.8) is 0 Å². The highest BCUT2D eigenvalue weighted by atomic mass is 17.1. The third-order valence-corrected chi connectivity index (χ3v) is 0.605. The molecule has 1 atom stereocenters. The van der Waals surface area contributed by atoms with E-state index in [1.165, 1.54) is 5.12 Å². The number of rotatable bonds is 4. The Morgan fingerprint density at radius 1 is 1.78 bits per heavy atom. The van der Waals surface area contributed by atoms with Gasteiger partial charge in [-0.25, -0.2) is 5.43 Å². The van der Waals surface area contributed by atoms with Crippen molar-refractivity contribution in [1.82, 2.24) is 16.1 Å². The zero-order valence-electron chi connectivity index (χ0n) is 5.21. The Labute approximate surface area is 52.2 Å². The van der Waals surface area contributed by atoms with Gasteiger partial charge in [0.05, 0.1) is 0 Å². The fraction of sp³-hybridized carbons (Fsp3) is 1.00. The summed E-state index contributed by atoms with van der Waals surface area (Å²) < 4.78 is 0. The van der Waals surface area contributed by atoms with Crippen molar-refractivity contribution in [2.45, 2.75) is 0 Å². The first-order valence-corrected chi connectivity index (χ1v) is 2.23. The van der Waals surface area contributed by atoms with Crippen LogP contribution in [0.25, 0.3) is 0 Å². The Kier molecular flexibility index (Phi) is 4.44. The third-order valence-electron chi connectivity index (χ3n) is 0.605. The molecule has 7 heteroatoms. The minimum atomic E-state index is -1.38. The summed E-state index contributed by atoms with van der Waals surface area (Å²) in [6, 6.07) is 0. The molecule has 7 nitrogen and oxygen atoms in total. The predicted molar refractivity (Wildman–Crippen MR) is 27.2 cm³/mol. The van der Waals surface area contributed by atoms with Crippen LogP contribution in [0.5, 0.6) is 0 Å². The van der Waals surface area contributed by atoms with Crippen LogP contribution in [0.3, 0.4) is 0 Å². The van der Waals surface area contributed by atoms with Crippen LogP contribution >= 0.6 is 0 Å². The highest BCUT2D eigenvalue weighted by Crippen LogP contribution is 1.55. The number of nitrogens with zero attached hydrogens (tertiary/aromatic N) is 1. The molecule has 0 amide bonds. The summed E-state index contributed by atoms with van der Waals surface area (Å²) in [5.41, 5.74) is 4.61. The molecule has 0 aliphatic carbocycles. The van der Waals surface area contributed by atoms with Gasteiger partial charge in [0.2, 0.25) is 0 Å². The van der Waals surface area contributed by atoms with E-state index in [1.54, 1.807) is 14.1 Å². The number of hydrazine groups is 2. The van der Waals surface area contributed by atoms with Gasteiger partial charge in [-0.2, -0.15) is 10.3 Å². The van der Waals surface area contributed by atoms with E-state index in [0.717, 1.165) is 0 Å². The van der Waals surface area contributed by atoms with E-state index >= 15 is 0 Å². The van der Waals surface area contributed by atoms with Gasteiger partial charge in [0.25, 0.3) is 0 Å². The maximum Gasteiger partial charge on any atom is 0.0199 e. The lowest BCUT2D eigenvalue weighted by Gasteiger charge is -2.16. The molecule has 56 valence electrons. The number of hydrogen-bond acceptors (Lipinski definition) is 6. The molecule has 0 aliphatic rings. The summed E-state index contributed by atoms with van der Waals surface area (Å²) in [6.07, 6.45) is 0. The van der Waals surface area contributed by atoms with Gasteiger partial charge >= 0.3 is 0 Å². The lowest BCUT2D eigenvalue weighted by Crippen LogP contribution is -3.05. The normalized spacial score (nSPS) is 14.3. The fourth-order valence-corrected chi connectivity index (χ4v) is 0.153. The van der Waals surface area contributed by atoms with Crippen LogP contribution in [-0.4, -0.2) is 24.4 Å². The highest BCUT2D eigenvalue weighted by Gasteiger charge is 1.93. The van der Waals surface area contributed by atoms with Gasteiger partial charge in [0.15, 0.2) is 0 Å². The predicted octanol–water partition coefficient (Wildman–Crippen LogP) is -2.82. The third kappa shape index (κ3) is 5.59. The Morgan fingerprint density at radius 2 is 2.33 bits per heavy atom. The van der Waals surface area contributed by atoms with Gasteiger partial charge in [-0.3, -0.25) is 0 Å². The van der Waals surface area contributed by atoms with Crippen LogP contribution in [0, 0.1) is 5.21 Å². The van der Waals surface area contributed by atoms with E-state index in [1.807, 2.05) is 0 Å². The highest BCUT2D eigenvalue weighted by molar-refractivity contribution is 4.09. The van der Waals surface area contributed by atoms with Crippen LogP contribution < -0.4 is 16.4 Å². The molecule has 0 aromatic rings. The molecule has 0 aromatic heterocycles. The summed E-state index contributed by atoms with van der Waals surface area (Å²) in [6.45, 7) is 0. The van der Waals surface area contributed by atoms with E-state index in [9.17, 15) is 5.21 Å². The quantitative estimate of drug-likeness (QED) is 0.313. The van der Waals surface area contributed by atoms with Gasteiger partial charge in [-0.15, -0.1) is 0 Å². The maximum atomic E-state index is 9.68. The lowest BCUT2D eigenvalue weighted by atomic mass is 11.3. The first kappa shape index (κ1) is 8.72. The van der Waals surface area contributed by atoms with Crippen LogP contribution in [0.4, 0.5) is 0 Å². The van der Waals surface area contributed by atoms with Crippen molar-refractivity contribution < 1.29 is 15.5 Å². The molecule has 9 heavy (non-hydrogen) atoms. The SMILES string of the molecule is CNN(C)NO[NH+]([O-])O. The molecule has 0 heterocycles. The van der Waals surface area contributed by atoms with Crippen LogP contribution in [0.1, 0.15) is 0 Å². The first-order valence-electron chi connectivity index (χ1n) is 2.23. The summed E-state index contributed by atoms with van der Waals surface area (Å²) in [4.78, 5) is 3.92. The minimum Gasteiger partial charge on any atom is -0.564 e. The molecular formula is C2H10N4O3. The van der Waals surface area contributed by atoms with Gasteiger partial charge in [0, 0.05) is 14.1 Å². The Morgan fingerprint density at radius 3 is 2.67 bits per heavy atom. The largest absolute Gasteiger partial charge is 0.564 e. The van der Waals surface area contributed by atoms with E-state index in [2.05, 4.69) is 16.0 Å². The van der Waals surface area contributed by atoms with Crippen molar-refractivity contribution in [2.24, 2.45) is 0 Å². The second-order valence-electron chi connectivity index (χ2n) is 1.24. The molecule has 0 radical (unpaired) electrons. The van der Waals surface area contributed by atoms with Crippen molar-refractivity contribution in [2.75, 3.05) is 14.1 Å². The van der Waals surface area contributed by atoms with Crippen molar-refractivity contribution >= 4 is 0 Å². The Balaban J connectivity index is 3.06. The average molecular weight is 138 g/mol. The van der Waals surface area contributed by atoms with Gasteiger partial charge < -0.3 is 5.21 Å². The smallest absolute Gasteiger partial charge is 0.0199 e. The Bertz CT molecular complexity index is 68.8. The standard InChI is InChI=1S/C2H10N4O3/c1-3-5(2)4-9-6(7)8/h3-4,6-7H,1-2H3. The number of nitrogens with one attached hydrogen (secondary N) is 3. The maximum absolute atomic E-state index is 9.68. The molecule has 4 N–H and O–H groups in total. The molecule has 0 spiro atoms. The van der Waals surface area contributed by atoms with Crippen LogP contribution in [-0.2, 0) is 4.94 Å². The molecule has 0 bridgehead atoms. The first-order chi connectivity index (χ1) is 4.16. The van der Waals surface area contributed by atoms with Crippen LogP contribution in [0.15, 0.2) is 0 Å². The van der Waals surface area contributed by atoms with Crippen molar-refractivity contribution in [1.29, 1.82) is 0 Å². The topological polar surface area (TPSA) is 84.3 Å². The second-order valence-corrected chi connectivity index (χ2v) is 1.24. The zero-order valence-corrected chi connectivity index (χ0v) is 5.21. The summed E-state index contributed by atoms with van der Waals surface area (Å²) in [5, 5.41) is 17.5. The van der Waals surface area contributed by atoms with Crippen LogP contribution in [0.2, 0.25) is 0 Å². The van der Waals surface area contributed by atoms with E-state index in [0.29, 0.717) is 0 Å². The summed E-state index contributed by atoms with van der Waals surface area (Å²) >= 11 is 0. The van der Waals surface area contributed by atoms with Gasteiger partial charge in [-0.05, 0) is 0 Å². The number of quaternary nitrogens is 1. The molecule has 1 unspecified atom stereocenters. The molecule has 0 saturated carbocycles. The summed E-state index contributed by atoms with van der Waals surface area (Å²) in [5.74, 6) is 0. The molecular weight excluding hydrogens is 128 g/mol. The lowest BCUT2D eigenvalue weighted by molar-refractivity contribution is -1.22. The van der Waals surface area contributed by atoms with E-state index in [-0.39, 0.29) is 0 Å². The van der Waals surface area contributed by atoms with Crippen molar-refractivity contribution in [3.8, 4) is 0 Å². The fourth-order valence-electron chi connectivity index (χ4n) is 0.153.